The van der Waals surface area contributed by atoms with Crippen LogP contribution >= 0.6 is 0 Å². The van der Waals surface area contributed by atoms with Crippen LogP contribution in [0.1, 0.15) is 28.7 Å². The second-order valence-electron chi connectivity index (χ2n) is 4.98. The third-order valence-electron chi connectivity index (χ3n) is 4.21. The van der Waals surface area contributed by atoms with Crippen LogP contribution in [0, 0.1) is 0 Å². The highest BCUT2D eigenvalue weighted by atomic mass is 14.3. The van der Waals surface area contributed by atoms with Gasteiger partial charge in [0.05, 0.1) is 0 Å². The summed E-state index contributed by atoms with van der Waals surface area (Å²) < 4.78 is 0. The summed E-state index contributed by atoms with van der Waals surface area (Å²) in [6.07, 6.45) is 2.40. The van der Waals surface area contributed by atoms with Gasteiger partial charge in [-0.3, -0.25) is 0 Å². The van der Waals surface area contributed by atoms with Gasteiger partial charge >= 0.3 is 0 Å². The molecular weight excluding hydrogens is 192 g/mol. The Labute approximate surface area is 93.6 Å². The number of fused-ring (bicyclic) bond motifs is 8. The van der Waals surface area contributed by atoms with Gasteiger partial charge in [-0.2, -0.15) is 0 Å². The molecule has 2 aromatic carbocycles. The number of hydrogen-bond acceptors (Lipinski definition) is 0. The van der Waals surface area contributed by atoms with Gasteiger partial charge in [0.15, 0.2) is 0 Å². The molecule has 2 bridgehead atoms. The third-order valence-corrected chi connectivity index (χ3v) is 4.21. The second-order valence-corrected chi connectivity index (χ2v) is 4.98. The summed E-state index contributed by atoms with van der Waals surface area (Å²) in [6, 6.07) is 13.5. The van der Waals surface area contributed by atoms with E-state index >= 15 is 0 Å². The van der Waals surface area contributed by atoms with Crippen molar-refractivity contribution in [3.05, 3.63) is 69.1 Å². The molecule has 3 aliphatic rings. The van der Waals surface area contributed by atoms with Gasteiger partial charge in [0.1, 0.15) is 0 Å². The molecule has 5 rings (SSSR count). The lowest BCUT2D eigenvalue weighted by molar-refractivity contribution is 1.45. The molecule has 0 N–H and O–H groups in total. The summed E-state index contributed by atoms with van der Waals surface area (Å²) in [4.78, 5) is 0. The van der Waals surface area contributed by atoms with Gasteiger partial charge in [-0.25, -0.2) is 0 Å². The van der Waals surface area contributed by atoms with Crippen molar-refractivity contribution in [1.82, 2.24) is 0 Å². The third kappa shape index (κ3) is 0.656. The lowest BCUT2D eigenvalue weighted by atomic mass is 9.99. The van der Waals surface area contributed by atoms with Gasteiger partial charge in [0.25, 0.3) is 0 Å². The van der Waals surface area contributed by atoms with Crippen LogP contribution in [0.15, 0.2) is 36.4 Å². The molecule has 0 unspecified atom stereocenters. The van der Waals surface area contributed by atoms with Crippen LogP contribution in [0.5, 0.6) is 0 Å². The minimum Gasteiger partial charge on any atom is -0.0616 e. The first kappa shape index (κ1) is 7.45. The van der Waals surface area contributed by atoms with Crippen LogP contribution in [0.3, 0.4) is 0 Å². The van der Waals surface area contributed by atoms with Gasteiger partial charge in [0, 0.05) is 0 Å². The quantitative estimate of drug-likeness (QED) is 0.520. The normalized spacial score (nSPS) is 17.2. The second kappa shape index (κ2) is 2.15. The fraction of sp³-hybridized carbons (Fsp3) is 0.125. The van der Waals surface area contributed by atoms with Gasteiger partial charge in [-0.15, -0.1) is 0 Å². The summed E-state index contributed by atoms with van der Waals surface area (Å²) in [7, 11) is 0. The zero-order valence-corrected chi connectivity index (χ0v) is 8.88. The van der Waals surface area contributed by atoms with Gasteiger partial charge in [0.2, 0.25) is 0 Å². The van der Waals surface area contributed by atoms with E-state index in [9.17, 15) is 0 Å². The van der Waals surface area contributed by atoms with E-state index in [-0.39, 0.29) is 0 Å². The summed E-state index contributed by atoms with van der Waals surface area (Å²) >= 11 is 0. The number of rotatable bonds is 0. The molecule has 16 heavy (non-hydrogen) atoms. The fourth-order valence-electron chi connectivity index (χ4n) is 3.42. The van der Waals surface area contributed by atoms with E-state index < -0.39 is 0 Å². The Kier molecular flexibility index (Phi) is 1.000. The molecule has 0 fully saturated rings. The molecule has 0 nitrogen and oxygen atoms in total. The van der Waals surface area contributed by atoms with Gasteiger partial charge in [-0.05, 0) is 56.7 Å². The van der Waals surface area contributed by atoms with E-state index in [4.69, 9.17) is 0 Å². The van der Waals surface area contributed by atoms with Crippen LogP contribution in [0.25, 0.3) is 11.1 Å². The van der Waals surface area contributed by atoms with E-state index in [0.29, 0.717) is 0 Å². The van der Waals surface area contributed by atoms with Crippen molar-refractivity contribution in [2.75, 3.05) is 0 Å². The molecule has 74 valence electrons. The zero-order valence-electron chi connectivity index (χ0n) is 8.88. The van der Waals surface area contributed by atoms with Gasteiger partial charge in [-0.1, -0.05) is 36.4 Å². The maximum absolute atomic E-state index is 2.33. The summed E-state index contributed by atoms with van der Waals surface area (Å²) in [5.41, 5.74) is 9.31. The monoisotopic (exact) mass is 202 g/mol. The summed E-state index contributed by atoms with van der Waals surface area (Å²) in [6.45, 7) is 0. The lowest BCUT2D eigenvalue weighted by Crippen LogP contribution is -2.27. The lowest BCUT2D eigenvalue weighted by Gasteiger charge is -2.04. The van der Waals surface area contributed by atoms with E-state index in [2.05, 4.69) is 36.4 Å². The number of benzene rings is 2. The van der Waals surface area contributed by atoms with Crippen molar-refractivity contribution < 1.29 is 0 Å². The van der Waals surface area contributed by atoms with Crippen LogP contribution < -0.4 is 10.4 Å². The molecule has 0 aliphatic heterocycles. The average Bonchev–Trinajstić information content (AvgIpc) is 2.91. The Balaban J connectivity index is 2.10. The molecular formula is C16H10. The molecule has 0 radical (unpaired) electrons. The minimum atomic E-state index is 1.17. The predicted octanol–water partition coefficient (Wildman–Crippen LogP) is 1.71. The molecule has 0 atom stereocenters. The molecule has 0 heteroatoms. The largest absolute Gasteiger partial charge is 0.0616 e. The van der Waals surface area contributed by atoms with Crippen molar-refractivity contribution >= 4 is 11.1 Å². The van der Waals surface area contributed by atoms with E-state index in [1.54, 1.807) is 27.5 Å². The molecule has 0 saturated carbocycles. The fourth-order valence-corrected chi connectivity index (χ4v) is 3.42. The van der Waals surface area contributed by atoms with Crippen LogP contribution in [0.2, 0.25) is 0 Å². The van der Waals surface area contributed by atoms with Gasteiger partial charge < -0.3 is 0 Å². The molecule has 2 aromatic rings. The molecule has 0 saturated heterocycles. The van der Waals surface area contributed by atoms with Crippen molar-refractivity contribution in [2.45, 2.75) is 12.8 Å². The maximum Gasteiger partial charge on any atom is -0.000100 e. The Morgan fingerprint density at radius 2 is 1.56 bits per heavy atom. The first-order valence-corrected chi connectivity index (χ1v) is 5.90. The highest BCUT2D eigenvalue weighted by Gasteiger charge is 2.31. The molecule has 0 spiro atoms. The Bertz CT molecular complexity index is 791. The summed E-state index contributed by atoms with van der Waals surface area (Å²) in [5, 5.41) is 3.11. The van der Waals surface area contributed by atoms with E-state index in [1.165, 1.54) is 29.2 Å². The zero-order chi connectivity index (χ0) is 10.3. The Hall–Kier alpha value is -1.82. The molecule has 0 amide bonds. The smallest absolute Gasteiger partial charge is 0.000100 e. The average molecular weight is 202 g/mol. The highest BCUT2D eigenvalue weighted by molar-refractivity contribution is 5.96. The van der Waals surface area contributed by atoms with Crippen LogP contribution in [-0.4, -0.2) is 0 Å². The van der Waals surface area contributed by atoms with Crippen molar-refractivity contribution in [2.24, 2.45) is 0 Å². The highest BCUT2D eigenvalue weighted by Crippen LogP contribution is 2.40. The standard InChI is InChI=1S/C16H10/c1-2-4-11-10(3-1)14-8-15(11)16-12(14)6-5-9-7-13(9)16/h1-6H,7-8H2. The van der Waals surface area contributed by atoms with Crippen molar-refractivity contribution in [1.29, 1.82) is 0 Å². The summed E-state index contributed by atoms with van der Waals surface area (Å²) in [5.74, 6) is 0. The van der Waals surface area contributed by atoms with Crippen LogP contribution in [-0.2, 0) is 6.42 Å². The maximum atomic E-state index is 2.33. The molecule has 0 heterocycles. The van der Waals surface area contributed by atoms with Crippen molar-refractivity contribution in [3.63, 3.8) is 0 Å². The Morgan fingerprint density at radius 3 is 2.44 bits per heavy atom. The molecule has 3 aliphatic carbocycles. The van der Waals surface area contributed by atoms with E-state index in [1.807, 2.05) is 0 Å². The minimum absolute atomic E-state index is 1.17. The SMILES string of the molecule is c1ccc2c(c1)C1=c3ccc4c(c3=C2C1)C4. The van der Waals surface area contributed by atoms with Crippen LogP contribution in [0.4, 0.5) is 0 Å². The van der Waals surface area contributed by atoms with E-state index in [0.717, 1.165) is 0 Å². The number of hydrogen-bond donors (Lipinski definition) is 0. The first-order chi connectivity index (χ1) is 7.93. The predicted molar refractivity (Wildman–Crippen MR) is 64.6 cm³/mol. The first-order valence-electron chi connectivity index (χ1n) is 5.90. The Morgan fingerprint density at radius 1 is 0.750 bits per heavy atom. The van der Waals surface area contributed by atoms with Crippen molar-refractivity contribution in [3.8, 4) is 0 Å². The molecule has 0 aromatic heterocycles. The topological polar surface area (TPSA) is 0 Å².